The number of para-hydroxylation sites is 1. The van der Waals surface area contributed by atoms with Gasteiger partial charge in [-0.25, -0.2) is 0 Å². The highest BCUT2D eigenvalue weighted by molar-refractivity contribution is 5.78. The predicted molar refractivity (Wildman–Crippen MR) is 104 cm³/mol. The molecule has 0 radical (unpaired) electrons. The van der Waals surface area contributed by atoms with E-state index in [4.69, 9.17) is 9.47 Å². The van der Waals surface area contributed by atoms with Gasteiger partial charge in [-0.05, 0) is 44.8 Å². The van der Waals surface area contributed by atoms with E-state index in [0.717, 1.165) is 22.6 Å². The standard InChI is InChI=1S/C21H28N2O3/c1-5-26-17-12-10-16(11-13-17)14-21(24)22-15-19(23(2)3)18-8-6-7-9-20(18)25-4/h6-13,19H,5,14-15H2,1-4H3,(H,22,24). The highest BCUT2D eigenvalue weighted by atomic mass is 16.5. The molecule has 0 bridgehead atoms. The number of ether oxygens (including phenoxy) is 2. The van der Waals surface area contributed by atoms with Crippen molar-refractivity contribution < 1.29 is 14.3 Å². The van der Waals surface area contributed by atoms with Gasteiger partial charge in [-0.3, -0.25) is 4.79 Å². The van der Waals surface area contributed by atoms with Gasteiger partial charge >= 0.3 is 0 Å². The van der Waals surface area contributed by atoms with Crippen LogP contribution in [0.3, 0.4) is 0 Å². The number of nitrogens with one attached hydrogen (secondary N) is 1. The van der Waals surface area contributed by atoms with E-state index in [9.17, 15) is 4.79 Å². The average molecular weight is 356 g/mol. The van der Waals surface area contributed by atoms with E-state index < -0.39 is 0 Å². The summed E-state index contributed by atoms with van der Waals surface area (Å²) in [7, 11) is 5.65. The van der Waals surface area contributed by atoms with Crippen LogP contribution in [0.5, 0.6) is 11.5 Å². The van der Waals surface area contributed by atoms with Gasteiger partial charge in [0.25, 0.3) is 0 Å². The molecule has 5 heteroatoms. The van der Waals surface area contributed by atoms with E-state index in [1.807, 2.05) is 69.6 Å². The lowest BCUT2D eigenvalue weighted by atomic mass is 10.0. The quantitative estimate of drug-likeness (QED) is 0.750. The Bertz CT molecular complexity index is 699. The topological polar surface area (TPSA) is 50.8 Å². The third-order valence-corrected chi connectivity index (χ3v) is 4.21. The fourth-order valence-corrected chi connectivity index (χ4v) is 2.84. The third kappa shape index (κ3) is 5.49. The fourth-order valence-electron chi connectivity index (χ4n) is 2.84. The van der Waals surface area contributed by atoms with Gasteiger partial charge in [-0.1, -0.05) is 30.3 Å². The predicted octanol–water partition coefficient (Wildman–Crippen LogP) is 3.06. The molecule has 140 valence electrons. The minimum absolute atomic E-state index is 0.00379. The largest absolute Gasteiger partial charge is 0.496 e. The van der Waals surface area contributed by atoms with E-state index in [1.165, 1.54) is 0 Å². The van der Waals surface area contributed by atoms with E-state index in [0.29, 0.717) is 19.6 Å². The summed E-state index contributed by atoms with van der Waals surface area (Å²) in [6.07, 6.45) is 0.346. The van der Waals surface area contributed by atoms with Crippen molar-refractivity contribution in [3.05, 3.63) is 59.7 Å². The molecule has 0 aliphatic heterocycles. The molecule has 0 saturated heterocycles. The molecule has 0 saturated carbocycles. The highest BCUT2D eigenvalue weighted by Gasteiger charge is 2.19. The second-order valence-corrected chi connectivity index (χ2v) is 6.28. The molecule has 1 amide bonds. The molecular weight excluding hydrogens is 328 g/mol. The van der Waals surface area contributed by atoms with Crippen molar-refractivity contribution in [3.63, 3.8) is 0 Å². The van der Waals surface area contributed by atoms with Gasteiger partial charge in [0.15, 0.2) is 0 Å². The first-order valence-corrected chi connectivity index (χ1v) is 8.83. The average Bonchev–Trinajstić information content (AvgIpc) is 2.64. The van der Waals surface area contributed by atoms with Gasteiger partial charge in [-0.15, -0.1) is 0 Å². The minimum Gasteiger partial charge on any atom is -0.496 e. The molecule has 2 rings (SSSR count). The first-order valence-electron chi connectivity index (χ1n) is 8.83. The molecule has 1 unspecified atom stereocenters. The van der Waals surface area contributed by atoms with Crippen LogP contribution >= 0.6 is 0 Å². The Kier molecular flexibility index (Phi) is 7.48. The summed E-state index contributed by atoms with van der Waals surface area (Å²) in [5, 5.41) is 3.03. The lowest BCUT2D eigenvalue weighted by Crippen LogP contribution is -2.35. The lowest BCUT2D eigenvalue weighted by Gasteiger charge is -2.26. The Morgan fingerprint density at radius 3 is 2.42 bits per heavy atom. The van der Waals surface area contributed by atoms with Crippen molar-refractivity contribution >= 4 is 5.91 Å². The molecular formula is C21H28N2O3. The Labute approximate surface area is 155 Å². The monoisotopic (exact) mass is 356 g/mol. The van der Waals surface area contributed by atoms with Crippen LogP contribution in [0, 0.1) is 0 Å². The number of hydrogen-bond donors (Lipinski definition) is 1. The number of likely N-dealkylation sites (N-methyl/N-ethyl adjacent to an activating group) is 1. The summed E-state index contributed by atoms with van der Waals surface area (Å²) in [6, 6.07) is 15.6. The van der Waals surface area contributed by atoms with Crippen molar-refractivity contribution in [1.29, 1.82) is 0 Å². The van der Waals surface area contributed by atoms with Crippen LogP contribution in [-0.2, 0) is 11.2 Å². The van der Waals surface area contributed by atoms with Crippen LogP contribution in [0.2, 0.25) is 0 Å². The van der Waals surface area contributed by atoms with Gasteiger partial charge in [-0.2, -0.15) is 0 Å². The Hall–Kier alpha value is -2.53. The van der Waals surface area contributed by atoms with Crippen LogP contribution in [0.4, 0.5) is 0 Å². The number of methoxy groups -OCH3 is 1. The zero-order valence-corrected chi connectivity index (χ0v) is 16.0. The van der Waals surface area contributed by atoms with Gasteiger partial charge in [0.05, 0.1) is 26.2 Å². The second kappa shape index (κ2) is 9.82. The number of benzene rings is 2. The molecule has 1 atom stereocenters. The van der Waals surface area contributed by atoms with Crippen LogP contribution in [-0.4, -0.2) is 45.2 Å². The van der Waals surface area contributed by atoms with E-state index in [-0.39, 0.29) is 11.9 Å². The van der Waals surface area contributed by atoms with Crippen molar-refractivity contribution in [2.45, 2.75) is 19.4 Å². The van der Waals surface area contributed by atoms with Crippen molar-refractivity contribution in [3.8, 4) is 11.5 Å². The minimum atomic E-state index is -0.00379. The van der Waals surface area contributed by atoms with Crippen LogP contribution in [0.25, 0.3) is 0 Å². The van der Waals surface area contributed by atoms with Crippen LogP contribution in [0.1, 0.15) is 24.1 Å². The Morgan fingerprint density at radius 2 is 1.81 bits per heavy atom. The number of rotatable bonds is 9. The Morgan fingerprint density at radius 1 is 1.12 bits per heavy atom. The van der Waals surface area contributed by atoms with Crippen molar-refractivity contribution in [2.75, 3.05) is 34.4 Å². The maximum Gasteiger partial charge on any atom is 0.224 e. The zero-order valence-electron chi connectivity index (χ0n) is 16.0. The van der Waals surface area contributed by atoms with Crippen molar-refractivity contribution in [1.82, 2.24) is 10.2 Å². The van der Waals surface area contributed by atoms with Crippen LogP contribution in [0.15, 0.2) is 48.5 Å². The lowest BCUT2D eigenvalue weighted by molar-refractivity contribution is -0.120. The number of hydrogen-bond acceptors (Lipinski definition) is 4. The molecule has 0 fully saturated rings. The zero-order chi connectivity index (χ0) is 18.9. The van der Waals surface area contributed by atoms with Gasteiger partial charge in [0.2, 0.25) is 5.91 Å². The number of amides is 1. The third-order valence-electron chi connectivity index (χ3n) is 4.21. The molecule has 0 aliphatic carbocycles. The number of carbonyl (C=O) groups excluding carboxylic acids is 1. The summed E-state index contributed by atoms with van der Waals surface area (Å²) < 4.78 is 10.9. The highest BCUT2D eigenvalue weighted by Crippen LogP contribution is 2.27. The molecule has 0 heterocycles. The van der Waals surface area contributed by atoms with Crippen LogP contribution < -0.4 is 14.8 Å². The first kappa shape index (κ1) is 19.8. The van der Waals surface area contributed by atoms with E-state index in [2.05, 4.69) is 10.2 Å². The molecule has 2 aromatic carbocycles. The smallest absolute Gasteiger partial charge is 0.224 e. The summed E-state index contributed by atoms with van der Waals surface area (Å²) in [5.41, 5.74) is 2.02. The van der Waals surface area contributed by atoms with E-state index >= 15 is 0 Å². The van der Waals surface area contributed by atoms with E-state index in [1.54, 1.807) is 7.11 Å². The maximum atomic E-state index is 12.3. The summed E-state index contributed by atoms with van der Waals surface area (Å²) in [6.45, 7) is 3.10. The Balaban J connectivity index is 1.97. The normalized spacial score (nSPS) is 11.9. The second-order valence-electron chi connectivity index (χ2n) is 6.28. The SMILES string of the molecule is CCOc1ccc(CC(=O)NCC(c2ccccc2OC)N(C)C)cc1. The molecule has 5 nitrogen and oxygen atoms in total. The molecule has 26 heavy (non-hydrogen) atoms. The fraction of sp³-hybridized carbons (Fsp3) is 0.381. The maximum absolute atomic E-state index is 12.3. The van der Waals surface area contributed by atoms with Gasteiger partial charge in [0.1, 0.15) is 11.5 Å². The van der Waals surface area contributed by atoms with Gasteiger partial charge in [0, 0.05) is 12.1 Å². The molecule has 0 aromatic heterocycles. The molecule has 1 N–H and O–H groups in total. The summed E-state index contributed by atoms with van der Waals surface area (Å²) in [4.78, 5) is 14.4. The summed E-state index contributed by atoms with van der Waals surface area (Å²) in [5.74, 6) is 1.64. The summed E-state index contributed by atoms with van der Waals surface area (Å²) >= 11 is 0. The van der Waals surface area contributed by atoms with Gasteiger partial charge < -0.3 is 19.7 Å². The van der Waals surface area contributed by atoms with Crippen molar-refractivity contribution in [2.24, 2.45) is 0 Å². The molecule has 2 aromatic rings. The number of carbonyl (C=O) groups is 1. The molecule has 0 spiro atoms. The first-order chi connectivity index (χ1) is 12.5. The number of nitrogens with zero attached hydrogens (tertiary/aromatic N) is 1. The molecule has 0 aliphatic rings.